The molecule has 1 heterocycles. The van der Waals surface area contributed by atoms with Crippen LogP contribution in [0.2, 0.25) is 0 Å². The van der Waals surface area contributed by atoms with E-state index in [2.05, 4.69) is 13.0 Å². The van der Waals surface area contributed by atoms with Crippen LogP contribution in [-0.4, -0.2) is 13.2 Å². The fraction of sp³-hybridized carbons (Fsp3) is 0.294. The standard InChI is InChI=1S/C17H19NO3/c1-10-4-5-11(2)17(12(10)3)21-14-9-16-15(8-13(14)18)19-6-7-20-16/h4-5,8-9H,6-7,18H2,1-3H3. The Morgan fingerprint density at radius 1 is 0.952 bits per heavy atom. The number of benzene rings is 2. The number of hydrogen-bond acceptors (Lipinski definition) is 4. The number of aryl methyl sites for hydroxylation is 2. The van der Waals surface area contributed by atoms with E-state index in [-0.39, 0.29) is 0 Å². The molecule has 0 unspecified atom stereocenters. The maximum Gasteiger partial charge on any atom is 0.165 e. The van der Waals surface area contributed by atoms with E-state index in [0.717, 1.165) is 16.9 Å². The van der Waals surface area contributed by atoms with Crippen LogP contribution in [0.4, 0.5) is 5.69 Å². The summed E-state index contributed by atoms with van der Waals surface area (Å²) in [4.78, 5) is 0. The van der Waals surface area contributed by atoms with Crippen LogP contribution in [-0.2, 0) is 0 Å². The number of fused-ring (bicyclic) bond motifs is 1. The van der Waals surface area contributed by atoms with Crippen LogP contribution in [0.3, 0.4) is 0 Å². The molecule has 110 valence electrons. The highest BCUT2D eigenvalue weighted by molar-refractivity contribution is 5.64. The molecule has 2 aromatic rings. The maximum absolute atomic E-state index is 6.07. The van der Waals surface area contributed by atoms with E-state index in [1.165, 1.54) is 5.56 Å². The number of nitrogens with two attached hydrogens (primary N) is 1. The SMILES string of the molecule is Cc1ccc(C)c(Oc2cc3c(cc2N)OCCO3)c1C. The smallest absolute Gasteiger partial charge is 0.165 e. The zero-order valence-electron chi connectivity index (χ0n) is 12.5. The minimum atomic E-state index is 0.541. The molecule has 0 aliphatic carbocycles. The van der Waals surface area contributed by atoms with Crippen molar-refractivity contribution in [1.29, 1.82) is 0 Å². The van der Waals surface area contributed by atoms with Crippen molar-refractivity contribution in [2.24, 2.45) is 0 Å². The largest absolute Gasteiger partial charge is 0.486 e. The molecule has 0 atom stereocenters. The Morgan fingerprint density at radius 2 is 1.57 bits per heavy atom. The summed E-state index contributed by atoms with van der Waals surface area (Å²) in [5.74, 6) is 2.78. The van der Waals surface area contributed by atoms with Gasteiger partial charge >= 0.3 is 0 Å². The molecule has 21 heavy (non-hydrogen) atoms. The van der Waals surface area contributed by atoms with Gasteiger partial charge in [0.2, 0.25) is 0 Å². The van der Waals surface area contributed by atoms with Crippen molar-refractivity contribution in [2.45, 2.75) is 20.8 Å². The quantitative estimate of drug-likeness (QED) is 0.854. The maximum atomic E-state index is 6.07. The third-order valence-corrected chi connectivity index (χ3v) is 3.76. The lowest BCUT2D eigenvalue weighted by atomic mass is 10.1. The second-order valence-corrected chi connectivity index (χ2v) is 5.29. The molecule has 1 aliphatic rings. The third-order valence-electron chi connectivity index (χ3n) is 3.76. The minimum Gasteiger partial charge on any atom is -0.486 e. The van der Waals surface area contributed by atoms with Gasteiger partial charge in [-0.15, -0.1) is 0 Å². The predicted molar refractivity (Wildman–Crippen MR) is 82.6 cm³/mol. The summed E-state index contributed by atoms with van der Waals surface area (Å²) in [6.07, 6.45) is 0. The molecule has 2 N–H and O–H groups in total. The molecule has 3 rings (SSSR count). The van der Waals surface area contributed by atoms with Crippen LogP contribution in [0.15, 0.2) is 24.3 Å². The van der Waals surface area contributed by atoms with E-state index in [4.69, 9.17) is 19.9 Å². The first-order valence-corrected chi connectivity index (χ1v) is 7.00. The molecule has 4 nitrogen and oxygen atoms in total. The van der Waals surface area contributed by atoms with E-state index in [0.29, 0.717) is 36.1 Å². The van der Waals surface area contributed by atoms with Crippen molar-refractivity contribution in [1.82, 2.24) is 0 Å². The monoisotopic (exact) mass is 285 g/mol. The molecule has 0 radical (unpaired) electrons. The number of ether oxygens (including phenoxy) is 3. The minimum absolute atomic E-state index is 0.541. The number of nitrogen functional groups attached to an aromatic ring is 1. The first kappa shape index (κ1) is 13.6. The lowest BCUT2D eigenvalue weighted by Gasteiger charge is -2.21. The summed E-state index contributed by atoms with van der Waals surface area (Å²) < 4.78 is 17.2. The van der Waals surface area contributed by atoms with Crippen molar-refractivity contribution in [2.75, 3.05) is 18.9 Å². The van der Waals surface area contributed by atoms with Gasteiger partial charge in [0.05, 0.1) is 5.69 Å². The predicted octanol–water partition coefficient (Wildman–Crippen LogP) is 3.76. The average molecular weight is 285 g/mol. The number of rotatable bonds is 2. The molecule has 0 fully saturated rings. The number of hydrogen-bond donors (Lipinski definition) is 1. The van der Waals surface area contributed by atoms with Crippen molar-refractivity contribution in [3.63, 3.8) is 0 Å². The summed E-state index contributed by atoms with van der Waals surface area (Å²) in [6, 6.07) is 7.69. The molecule has 4 heteroatoms. The average Bonchev–Trinajstić information content (AvgIpc) is 2.48. The Labute approximate surface area is 124 Å². The fourth-order valence-corrected chi connectivity index (χ4v) is 2.37. The molecule has 0 bridgehead atoms. The van der Waals surface area contributed by atoms with Gasteiger partial charge in [-0.1, -0.05) is 12.1 Å². The van der Waals surface area contributed by atoms with Crippen LogP contribution >= 0.6 is 0 Å². The van der Waals surface area contributed by atoms with Gasteiger partial charge in [0.1, 0.15) is 19.0 Å². The van der Waals surface area contributed by atoms with Crippen LogP contribution in [0, 0.1) is 20.8 Å². The van der Waals surface area contributed by atoms with Crippen LogP contribution in [0.25, 0.3) is 0 Å². The van der Waals surface area contributed by atoms with Crippen LogP contribution in [0.5, 0.6) is 23.0 Å². The van der Waals surface area contributed by atoms with Gasteiger partial charge in [-0.2, -0.15) is 0 Å². The van der Waals surface area contributed by atoms with Crippen molar-refractivity contribution in [3.05, 3.63) is 41.0 Å². The topological polar surface area (TPSA) is 53.7 Å². The summed E-state index contributed by atoms with van der Waals surface area (Å²) in [6.45, 7) is 7.22. The lowest BCUT2D eigenvalue weighted by molar-refractivity contribution is 0.171. The lowest BCUT2D eigenvalue weighted by Crippen LogP contribution is -2.15. The first-order valence-electron chi connectivity index (χ1n) is 7.00. The zero-order chi connectivity index (χ0) is 15.0. The fourth-order valence-electron chi connectivity index (χ4n) is 2.37. The highest BCUT2D eigenvalue weighted by Gasteiger charge is 2.17. The second kappa shape index (κ2) is 5.20. The molecular formula is C17H19NO3. The molecule has 0 aromatic heterocycles. The van der Waals surface area contributed by atoms with Gasteiger partial charge in [-0.05, 0) is 37.5 Å². The summed E-state index contributed by atoms with van der Waals surface area (Å²) in [7, 11) is 0. The normalized spacial score (nSPS) is 13.1. The van der Waals surface area contributed by atoms with E-state index in [1.807, 2.05) is 19.9 Å². The Morgan fingerprint density at radius 3 is 2.29 bits per heavy atom. The molecular weight excluding hydrogens is 266 g/mol. The van der Waals surface area contributed by atoms with Gasteiger partial charge < -0.3 is 19.9 Å². The van der Waals surface area contributed by atoms with Gasteiger partial charge in [-0.25, -0.2) is 0 Å². The van der Waals surface area contributed by atoms with Crippen LogP contribution in [0.1, 0.15) is 16.7 Å². The van der Waals surface area contributed by atoms with E-state index < -0.39 is 0 Å². The summed E-state index contributed by atoms with van der Waals surface area (Å²) in [5.41, 5.74) is 9.99. The molecule has 1 aliphatic heterocycles. The van der Waals surface area contributed by atoms with E-state index in [1.54, 1.807) is 12.1 Å². The molecule has 0 saturated heterocycles. The van der Waals surface area contributed by atoms with Crippen molar-refractivity contribution < 1.29 is 14.2 Å². The second-order valence-electron chi connectivity index (χ2n) is 5.29. The summed E-state index contributed by atoms with van der Waals surface area (Å²) in [5, 5.41) is 0. The Kier molecular flexibility index (Phi) is 3.37. The Bertz CT molecular complexity index is 695. The van der Waals surface area contributed by atoms with Gasteiger partial charge in [0.25, 0.3) is 0 Å². The van der Waals surface area contributed by atoms with E-state index in [9.17, 15) is 0 Å². The van der Waals surface area contributed by atoms with Gasteiger partial charge in [0.15, 0.2) is 17.2 Å². The highest BCUT2D eigenvalue weighted by Crippen LogP contribution is 2.41. The van der Waals surface area contributed by atoms with E-state index >= 15 is 0 Å². The zero-order valence-corrected chi connectivity index (χ0v) is 12.5. The summed E-state index contributed by atoms with van der Waals surface area (Å²) >= 11 is 0. The molecule has 2 aromatic carbocycles. The van der Waals surface area contributed by atoms with Gasteiger partial charge in [0, 0.05) is 12.1 Å². The van der Waals surface area contributed by atoms with Crippen molar-refractivity contribution in [3.8, 4) is 23.0 Å². The van der Waals surface area contributed by atoms with Crippen LogP contribution < -0.4 is 19.9 Å². The molecule has 0 saturated carbocycles. The Balaban J connectivity index is 2.01. The van der Waals surface area contributed by atoms with Crippen molar-refractivity contribution >= 4 is 5.69 Å². The Hall–Kier alpha value is -2.36. The third kappa shape index (κ3) is 2.49. The first-order chi connectivity index (χ1) is 10.1. The molecule has 0 amide bonds. The highest BCUT2D eigenvalue weighted by atomic mass is 16.6. The van der Waals surface area contributed by atoms with Gasteiger partial charge in [-0.3, -0.25) is 0 Å². The molecule has 0 spiro atoms. The number of anilines is 1.